The molecule has 0 unspecified atom stereocenters. The summed E-state index contributed by atoms with van der Waals surface area (Å²) in [6, 6.07) is 0. The van der Waals surface area contributed by atoms with Crippen LogP contribution < -0.4 is 0 Å². The molecule has 1 aromatic heterocycles. The molecule has 1 heterocycles. The molecule has 0 spiro atoms. The molecule has 0 aliphatic rings. The Labute approximate surface area is 69.5 Å². The molecule has 6 heteroatoms. The first kappa shape index (κ1) is 8.63. The first-order chi connectivity index (χ1) is 5.83. The predicted molar refractivity (Wildman–Crippen MR) is 39.1 cm³/mol. The van der Waals surface area contributed by atoms with Gasteiger partial charge in [0.25, 0.3) is 0 Å². The third-order valence-electron chi connectivity index (χ3n) is 1.21. The Hall–Kier alpha value is -1.46. The first-order valence-electron chi connectivity index (χ1n) is 3.69. The molecule has 0 aliphatic carbocycles. The van der Waals surface area contributed by atoms with Gasteiger partial charge in [-0.2, -0.15) is 4.80 Å². The van der Waals surface area contributed by atoms with Crippen LogP contribution in [0.4, 0.5) is 0 Å². The lowest BCUT2D eigenvalue weighted by Gasteiger charge is -1.99. The molecule has 0 aliphatic heterocycles. The van der Waals surface area contributed by atoms with Crippen molar-refractivity contribution in [1.82, 2.24) is 20.2 Å². The van der Waals surface area contributed by atoms with Crippen molar-refractivity contribution in [3.05, 3.63) is 6.33 Å². The van der Waals surface area contributed by atoms with E-state index in [2.05, 4.69) is 15.4 Å². The standard InChI is InChI=1S/C6H10N4O2/c1-2-12-6(11)3-4-10-8-5-7-9-10/h5H,2-4H2,1H3. The maximum absolute atomic E-state index is 10.8. The molecule has 0 amide bonds. The van der Waals surface area contributed by atoms with Crippen LogP contribution in [0.1, 0.15) is 13.3 Å². The molecule has 0 N–H and O–H groups in total. The summed E-state index contributed by atoms with van der Waals surface area (Å²) in [6.07, 6.45) is 1.61. The van der Waals surface area contributed by atoms with Gasteiger partial charge in [-0.15, -0.1) is 10.2 Å². The van der Waals surface area contributed by atoms with Gasteiger partial charge in [0.1, 0.15) is 0 Å². The minimum atomic E-state index is -0.241. The summed E-state index contributed by atoms with van der Waals surface area (Å²) in [7, 11) is 0. The molecule has 0 bridgehead atoms. The molecular weight excluding hydrogens is 160 g/mol. The van der Waals surface area contributed by atoms with Crippen molar-refractivity contribution in [2.45, 2.75) is 19.9 Å². The molecule has 12 heavy (non-hydrogen) atoms. The molecular formula is C6H10N4O2. The third kappa shape index (κ3) is 2.65. The zero-order chi connectivity index (χ0) is 8.81. The van der Waals surface area contributed by atoms with E-state index in [1.54, 1.807) is 6.92 Å². The van der Waals surface area contributed by atoms with Gasteiger partial charge in [-0.05, 0) is 12.1 Å². The number of hydrogen-bond acceptors (Lipinski definition) is 5. The monoisotopic (exact) mass is 170 g/mol. The van der Waals surface area contributed by atoms with Gasteiger partial charge >= 0.3 is 5.97 Å². The third-order valence-corrected chi connectivity index (χ3v) is 1.21. The number of rotatable bonds is 4. The highest BCUT2D eigenvalue weighted by Crippen LogP contribution is 1.88. The quantitative estimate of drug-likeness (QED) is 0.576. The van der Waals surface area contributed by atoms with Crippen LogP contribution in [0.2, 0.25) is 0 Å². The highest BCUT2D eigenvalue weighted by atomic mass is 16.5. The van der Waals surface area contributed by atoms with E-state index in [1.165, 1.54) is 11.1 Å². The molecule has 6 nitrogen and oxygen atoms in total. The van der Waals surface area contributed by atoms with Gasteiger partial charge in [0.2, 0.25) is 0 Å². The number of carbonyl (C=O) groups excluding carboxylic acids is 1. The highest BCUT2D eigenvalue weighted by molar-refractivity contribution is 5.69. The van der Waals surface area contributed by atoms with E-state index in [9.17, 15) is 4.79 Å². The van der Waals surface area contributed by atoms with Crippen molar-refractivity contribution < 1.29 is 9.53 Å². The average molecular weight is 170 g/mol. The Morgan fingerprint density at radius 2 is 2.50 bits per heavy atom. The van der Waals surface area contributed by atoms with E-state index in [-0.39, 0.29) is 12.4 Å². The average Bonchev–Trinajstić information content (AvgIpc) is 2.53. The van der Waals surface area contributed by atoms with E-state index in [1.807, 2.05) is 0 Å². The molecule has 0 saturated carbocycles. The van der Waals surface area contributed by atoms with Crippen LogP contribution in [0.3, 0.4) is 0 Å². The molecule has 66 valence electrons. The van der Waals surface area contributed by atoms with Crippen molar-refractivity contribution in [1.29, 1.82) is 0 Å². The highest BCUT2D eigenvalue weighted by Gasteiger charge is 2.02. The molecule has 1 aromatic rings. The minimum absolute atomic E-state index is 0.241. The van der Waals surface area contributed by atoms with E-state index in [0.717, 1.165) is 0 Å². The smallest absolute Gasteiger partial charge is 0.307 e. The summed E-state index contributed by atoms with van der Waals surface area (Å²) in [4.78, 5) is 12.2. The van der Waals surface area contributed by atoms with Gasteiger partial charge in [-0.25, -0.2) is 0 Å². The molecule has 0 atom stereocenters. The van der Waals surface area contributed by atoms with Crippen LogP contribution in [-0.4, -0.2) is 32.8 Å². The largest absolute Gasteiger partial charge is 0.466 e. The number of aryl methyl sites for hydroxylation is 1. The summed E-state index contributed by atoms with van der Waals surface area (Å²) in [5.41, 5.74) is 0. The van der Waals surface area contributed by atoms with Crippen molar-refractivity contribution >= 4 is 5.97 Å². The van der Waals surface area contributed by atoms with Crippen LogP contribution in [0.15, 0.2) is 6.33 Å². The Morgan fingerprint density at radius 3 is 3.08 bits per heavy atom. The fourth-order valence-corrected chi connectivity index (χ4v) is 0.715. The van der Waals surface area contributed by atoms with Crippen molar-refractivity contribution in [2.75, 3.05) is 6.61 Å². The van der Waals surface area contributed by atoms with E-state index in [4.69, 9.17) is 4.74 Å². The number of nitrogens with zero attached hydrogens (tertiary/aromatic N) is 4. The lowest BCUT2D eigenvalue weighted by atomic mass is 10.4. The number of esters is 1. The summed E-state index contributed by atoms with van der Waals surface area (Å²) in [5.74, 6) is -0.241. The molecule has 0 fully saturated rings. The van der Waals surface area contributed by atoms with E-state index >= 15 is 0 Å². The number of tetrazole rings is 1. The maximum atomic E-state index is 10.8. The number of ether oxygens (including phenoxy) is 1. The van der Waals surface area contributed by atoms with Crippen LogP contribution in [0.5, 0.6) is 0 Å². The Bertz CT molecular complexity index is 234. The van der Waals surface area contributed by atoms with E-state index < -0.39 is 0 Å². The second kappa shape index (κ2) is 4.42. The number of carbonyl (C=O) groups is 1. The molecule has 1 rings (SSSR count). The fourth-order valence-electron chi connectivity index (χ4n) is 0.715. The van der Waals surface area contributed by atoms with Gasteiger partial charge in [-0.3, -0.25) is 4.79 Å². The van der Waals surface area contributed by atoms with Gasteiger partial charge in [0.15, 0.2) is 6.33 Å². The second-order valence-electron chi connectivity index (χ2n) is 2.09. The van der Waals surface area contributed by atoms with Gasteiger partial charge in [-0.1, -0.05) is 0 Å². The van der Waals surface area contributed by atoms with Gasteiger partial charge < -0.3 is 4.74 Å². The Morgan fingerprint density at radius 1 is 1.67 bits per heavy atom. The van der Waals surface area contributed by atoms with Crippen LogP contribution >= 0.6 is 0 Å². The Kier molecular flexibility index (Phi) is 3.18. The van der Waals surface area contributed by atoms with Crippen LogP contribution in [-0.2, 0) is 16.1 Å². The Balaban J connectivity index is 2.22. The van der Waals surface area contributed by atoms with Crippen LogP contribution in [0.25, 0.3) is 0 Å². The SMILES string of the molecule is CCOC(=O)CCn1ncnn1. The lowest BCUT2D eigenvalue weighted by Crippen LogP contribution is -2.10. The molecule has 0 aromatic carbocycles. The minimum Gasteiger partial charge on any atom is -0.466 e. The summed E-state index contributed by atoms with van der Waals surface area (Å²) < 4.78 is 4.71. The number of aromatic nitrogens is 4. The van der Waals surface area contributed by atoms with Crippen molar-refractivity contribution in [3.63, 3.8) is 0 Å². The normalized spacial score (nSPS) is 9.75. The fraction of sp³-hybridized carbons (Fsp3) is 0.667. The van der Waals surface area contributed by atoms with Gasteiger partial charge in [0.05, 0.1) is 19.6 Å². The van der Waals surface area contributed by atoms with Crippen LogP contribution in [0, 0.1) is 0 Å². The summed E-state index contributed by atoms with van der Waals surface area (Å²) >= 11 is 0. The molecule has 0 saturated heterocycles. The first-order valence-corrected chi connectivity index (χ1v) is 3.69. The number of hydrogen-bond donors (Lipinski definition) is 0. The van der Waals surface area contributed by atoms with E-state index in [0.29, 0.717) is 13.2 Å². The van der Waals surface area contributed by atoms with Crippen molar-refractivity contribution in [2.24, 2.45) is 0 Å². The summed E-state index contributed by atoms with van der Waals surface area (Å²) in [6.45, 7) is 2.59. The lowest BCUT2D eigenvalue weighted by molar-refractivity contribution is -0.143. The zero-order valence-corrected chi connectivity index (χ0v) is 6.80. The zero-order valence-electron chi connectivity index (χ0n) is 6.80. The van der Waals surface area contributed by atoms with Gasteiger partial charge in [0, 0.05) is 0 Å². The second-order valence-corrected chi connectivity index (χ2v) is 2.09. The van der Waals surface area contributed by atoms with Crippen molar-refractivity contribution in [3.8, 4) is 0 Å². The molecule has 0 radical (unpaired) electrons. The maximum Gasteiger partial charge on any atom is 0.307 e. The topological polar surface area (TPSA) is 69.9 Å². The summed E-state index contributed by atoms with van der Waals surface area (Å²) in [5, 5.41) is 10.8. The predicted octanol–water partition coefficient (Wildman–Crippen LogP) is -0.374.